The van der Waals surface area contributed by atoms with Crippen LogP contribution in [0, 0.1) is 19.7 Å². The zero-order valence-corrected chi connectivity index (χ0v) is 15.2. The molecular weight excluding hydrogens is 325 g/mol. The summed E-state index contributed by atoms with van der Waals surface area (Å²) in [5.74, 6) is -0.921. The predicted octanol–water partition coefficient (Wildman–Crippen LogP) is 5.85. The van der Waals surface area contributed by atoms with Crippen molar-refractivity contribution in [2.24, 2.45) is 0 Å². The van der Waals surface area contributed by atoms with Crippen LogP contribution >= 0.6 is 0 Å². The number of hydrogen-bond acceptors (Lipinski definition) is 1. The molecule has 2 nitrogen and oxygen atoms in total. The number of carbonyl (C=O) groups is 1. The molecule has 3 rings (SSSR count). The molecule has 0 heterocycles. The molecule has 26 heavy (non-hydrogen) atoms. The van der Waals surface area contributed by atoms with Gasteiger partial charge in [0.2, 0.25) is 5.91 Å². The maximum absolute atomic E-state index is 14.6. The predicted molar refractivity (Wildman–Crippen MR) is 105 cm³/mol. The zero-order valence-electron chi connectivity index (χ0n) is 15.2. The average Bonchev–Trinajstić information content (AvgIpc) is 2.64. The van der Waals surface area contributed by atoms with Gasteiger partial charge in [-0.05, 0) is 61.2 Å². The van der Waals surface area contributed by atoms with Gasteiger partial charge in [-0.3, -0.25) is 4.79 Å². The minimum atomic E-state index is -0.448. The molecule has 0 unspecified atom stereocenters. The van der Waals surface area contributed by atoms with Gasteiger partial charge in [-0.1, -0.05) is 48.5 Å². The summed E-state index contributed by atoms with van der Waals surface area (Å²) in [6.07, 6.45) is 0. The van der Waals surface area contributed by atoms with Gasteiger partial charge < -0.3 is 5.32 Å². The van der Waals surface area contributed by atoms with Crippen molar-refractivity contribution >= 4 is 11.6 Å². The Labute approximate surface area is 153 Å². The molecule has 1 atom stereocenters. The molecule has 3 heteroatoms. The number of hydrogen-bond donors (Lipinski definition) is 1. The molecule has 0 radical (unpaired) electrons. The quantitative estimate of drug-likeness (QED) is 0.630. The highest BCUT2D eigenvalue weighted by atomic mass is 19.1. The minimum absolute atomic E-state index is 0.153. The van der Waals surface area contributed by atoms with E-state index < -0.39 is 5.92 Å². The molecule has 0 aromatic heterocycles. The second-order valence-corrected chi connectivity index (χ2v) is 6.62. The van der Waals surface area contributed by atoms with Crippen molar-refractivity contribution in [3.8, 4) is 11.1 Å². The lowest BCUT2D eigenvalue weighted by Gasteiger charge is -2.15. The van der Waals surface area contributed by atoms with Gasteiger partial charge in [0.05, 0.1) is 5.92 Å². The summed E-state index contributed by atoms with van der Waals surface area (Å²) >= 11 is 0. The van der Waals surface area contributed by atoms with Gasteiger partial charge in [-0.25, -0.2) is 4.39 Å². The molecule has 0 saturated carbocycles. The van der Waals surface area contributed by atoms with Crippen LogP contribution in [0.4, 0.5) is 10.1 Å². The van der Waals surface area contributed by atoms with E-state index in [2.05, 4.69) is 5.32 Å². The van der Waals surface area contributed by atoms with Crippen molar-refractivity contribution in [2.75, 3.05) is 5.32 Å². The first kappa shape index (κ1) is 17.9. The van der Waals surface area contributed by atoms with Gasteiger partial charge in [0.15, 0.2) is 0 Å². The highest BCUT2D eigenvalue weighted by Crippen LogP contribution is 2.27. The van der Waals surface area contributed by atoms with Gasteiger partial charge in [0.25, 0.3) is 0 Å². The third kappa shape index (κ3) is 3.83. The summed E-state index contributed by atoms with van der Waals surface area (Å²) < 4.78 is 14.6. The first-order chi connectivity index (χ1) is 12.5. The van der Waals surface area contributed by atoms with Gasteiger partial charge in [-0.15, -0.1) is 0 Å². The molecule has 0 spiro atoms. The van der Waals surface area contributed by atoms with E-state index in [4.69, 9.17) is 0 Å². The lowest BCUT2D eigenvalue weighted by atomic mass is 9.96. The van der Waals surface area contributed by atoms with E-state index >= 15 is 0 Å². The van der Waals surface area contributed by atoms with Gasteiger partial charge in [-0.2, -0.15) is 0 Å². The number of benzene rings is 3. The Kier molecular flexibility index (Phi) is 5.17. The maximum Gasteiger partial charge on any atom is 0.231 e. The topological polar surface area (TPSA) is 29.1 Å². The molecule has 1 N–H and O–H groups in total. The Morgan fingerprint density at radius 3 is 2.31 bits per heavy atom. The Morgan fingerprint density at radius 1 is 0.923 bits per heavy atom. The second-order valence-electron chi connectivity index (χ2n) is 6.62. The fourth-order valence-electron chi connectivity index (χ4n) is 2.87. The van der Waals surface area contributed by atoms with Crippen molar-refractivity contribution in [3.63, 3.8) is 0 Å². The van der Waals surface area contributed by atoms with Crippen LogP contribution in [0.5, 0.6) is 0 Å². The summed E-state index contributed by atoms with van der Waals surface area (Å²) in [4.78, 5) is 12.5. The number of carbonyl (C=O) groups excluding carboxylic acids is 1. The SMILES string of the molecule is Cc1ccc(NC(=O)[C@H](C)c2ccc(-c3ccccc3)c(F)c2)cc1C. The molecule has 0 fully saturated rings. The van der Waals surface area contributed by atoms with Crippen LogP contribution < -0.4 is 5.32 Å². The van der Waals surface area contributed by atoms with Crippen molar-refractivity contribution in [2.45, 2.75) is 26.7 Å². The van der Waals surface area contributed by atoms with E-state index in [1.165, 1.54) is 11.6 Å². The number of nitrogens with one attached hydrogen (secondary N) is 1. The van der Waals surface area contributed by atoms with Crippen LogP contribution in [-0.4, -0.2) is 5.91 Å². The minimum Gasteiger partial charge on any atom is -0.326 e. The standard InChI is InChI=1S/C23H22FNO/c1-15-9-11-20(13-16(15)2)25-23(26)17(3)19-10-12-21(22(24)14-19)18-7-5-4-6-8-18/h4-14,17H,1-3H3,(H,25,26)/t17-/m1/s1. The van der Waals surface area contributed by atoms with Crippen LogP contribution in [0.25, 0.3) is 11.1 Å². The van der Waals surface area contributed by atoms with Crippen LogP contribution in [-0.2, 0) is 4.79 Å². The number of aryl methyl sites for hydroxylation is 2. The van der Waals surface area contributed by atoms with E-state index in [1.54, 1.807) is 13.0 Å². The van der Waals surface area contributed by atoms with Crippen LogP contribution in [0.1, 0.15) is 29.5 Å². The molecule has 1 amide bonds. The lowest BCUT2D eigenvalue weighted by molar-refractivity contribution is -0.117. The van der Waals surface area contributed by atoms with E-state index in [1.807, 2.05) is 68.4 Å². The summed E-state index contributed by atoms with van der Waals surface area (Å²) in [5, 5.41) is 2.91. The molecule has 3 aromatic carbocycles. The van der Waals surface area contributed by atoms with Crippen LogP contribution in [0.2, 0.25) is 0 Å². The highest BCUT2D eigenvalue weighted by Gasteiger charge is 2.17. The zero-order chi connectivity index (χ0) is 18.7. The van der Waals surface area contributed by atoms with E-state index in [9.17, 15) is 9.18 Å². The normalized spacial score (nSPS) is 11.8. The molecule has 132 valence electrons. The summed E-state index contributed by atoms with van der Waals surface area (Å²) in [5.41, 5.74) is 5.07. The molecule has 0 aliphatic carbocycles. The fourth-order valence-corrected chi connectivity index (χ4v) is 2.87. The fraction of sp³-hybridized carbons (Fsp3) is 0.174. The maximum atomic E-state index is 14.6. The highest BCUT2D eigenvalue weighted by molar-refractivity contribution is 5.95. The largest absolute Gasteiger partial charge is 0.326 e. The summed E-state index contributed by atoms with van der Waals surface area (Å²) in [6, 6.07) is 20.2. The molecule has 0 aliphatic rings. The Bertz CT molecular complexity index is 934. The molecule has 3 aromatic rings. The first-order valence-corrected chi connectivity index (χ1v) is 8.68. The van der Waals surface area contributed by atoms with Crippen LogP contribution in [0.15, 0.2) is 66.7 Å². The van der Waals surface area contributed by atoms with Gasteiger partial charge >= 0.3 is 0 Å². The lowest BCUT2D eigenvalue weighted by Crippen LogP contribution is -2.19. The van der Waals surface area contributed by atoms with E-state index in [-0.39, 0.29) is 11.7 Å². The van der Waals surface area contributed by atoms with Gasteiger partial charge in [0.1, 0.15) is 5.82 Å². The average molecular weight is 347 g/mol. The molecule has 0 saturated heterocycles. The van der Waals surface area contributed by atoms with Crippen molar-refractivity contribution in [1.82, 2.24) is 0 Å². The van der Waals surface area contributed by atoms with Crippen molar-refractivity contribution < 1.29 is 9.18 Å². The van der Waals surface area contributed by atoms with Gasteiger partial charge in [0, 0.05) is 11.3 Å². The number of amides is 1. The second kappa shape index (κ2) is 7.52. The van der Waals surface area contributed by atoms with Crippen molar-refractivity contribution in [3.05, 3.63) is 89.2 Å². The van der Waals surface area contributed by atoms with E-state index in [0.29, 0.717) is 11.1 Å². The molecular formula is C23H22FNO. The Morgan fingerprint density at radius 2 is 1.65 bits per heavy atom. The van der Waals surface area contributed by atoms with E-state index in [0.717, 1.165) is 16.8 Å². The Balaban J connectivity index is 1.78. The summed E-state index contributed by atoms with van der Waals surface area (Å²) in [7, 11) is 0. The molecule has 0 aliphatic heterocycles. The van der Waals surface area contributed by atoms with Crippen molar-refractivity contribution in [1.29, 1.82) is 0 Å². The third-order valence-corrected chi connectivity index (χ3v) is 4.75. The Hall–Kier alpha value is -2.94. The number of rotatable bonds is 4. The first-order valence-electron chi connectivity index (χ1n) is 8.68. The molecule has 0 bridgehead atoms. The smallest absolute Gasteiger partial charge is 0.231 e. The number of halogens is 1. The summed E-state index contributed by atoms with van der Waals surface area (Å²) in [6.45, 7) is 5.82. The third-order valence-electron chi connectivity index (χ3n) is 4.75. The monoisotopic (exact) mass is 347 g/mol. The number of anilines is 1. The van der Waals surface area contributed by atoms with Crippen LogP contribution in [0.3, 0.4) is 0 Å².